The highest BCUT2D eigenvalue weighted by molar-refractivity contribution is 5.55. The third-order valence-electron chi connectivity index (χ3n) is 2.15. The van der Waals surface area contributed by atoms with E-state index in [9.17, 15) is 0 Å². The van der Waals surface area contributed by atoms with Gasteiger partial charge in [0.15, 0.2) is 5.75 Å². The molecule has 0 unspecified atom stereocenters. The molecule has 2 rings (SSSR count). The molecular formula is C12H10N4O. The Morgan fingerprint density at radius 3 is 2.82 bits per heavy atom. The normalized spacial score (nSPS) is 9.65. The number of ether oxygens (including phenoxy) is 1. The van der Waals surface area contributed by atoms with Gasteiger partial charge in [0.25, 0.3) is 5.88 Å². The highest BCUT2D eigenvalue weighted by Gasteiger charge is 2.09. The first-order chi connectivity index (χ1) is 8.20. The van der Waals surface area contributed by atoms with Gasteiger partial charge in [0.1, 0.15) is 6.07 Å². The van der Waals surface area contributed by atoms with Crippen LogP contribution in [-0.2, 0) is 0 Å². The van der Waals surface area contributed by atoms with Gasteiger partial charge in [0.2, 0.25) is 5.69 Å². The number of aromatic nitrogens is 2. The Balaban J connectivity index is 2.38. The molecule has 0 aliphatic heterocycles. The molecule has 0 spiro atoms. The average molecular weight is 226 g/mol. The molecule has 17 heavy (non-hydrogen) atoms. The molecule has 5 heteroatoms. The fourth-order valence-electron chi connectivity index (χ4n) is 1.31. The van der Waals surface area contributed by atoms with Gasteiger partial charge in [-0.2, -0.15) is 5.26 Å². The van der Waals surface area contributed by atoms with Crippen LogP contribution >= 0.6 is 0 Å². The maximum Gasteiger partial charge on any atom is 0.256 e. The van der Waals surface area contributed by atoms with Crippen molar-refractivity contribution >= 4 is 5.69 Å². The monoisotopic (exact) mass is 226 g/mol. The van der Waals surface area contributed by atoms with Crippen LogP contribution < -0.4 is 10.5 Å². The van der Waals surface area contributed by atoms with Crippen LogP contribution in [0.3, 0.4) is 0 Å². The van der Waals surface area contributed by atoms with E-state index in [1.165, 1.54) is 12.4 Å². The van der Waals surface area contributed by atoms with E-state index in [0.717, 1.165) is 5.56 Å². The minimum Gasteiger partial charge on any atom is -0.434 e. The molecule has 2 N–H and O–H groups in total. The molecule has 0 fully saturated rings. The standard InChI is InChI=1S/C12H10N4O/c1-8-2-3-9(14)11(6-8)17-12-10(7-13)15-4-5-16-12/h2-6H,14H2,1H3. The fraction of sp³-hybridized carbons (Fsp3) is 0.0833. The van der Waals surface area contributed by atoms with Gasteiger partial charge in [-0.15, -0.1) is 0 Å². The van der Waals surface area contributed by atoms with E-state index in [2.05, 4.69) is 9.97 Å². The van der Waals surface area contributed by atoms with Gasteiger partial charge < -0.3 is 10.5 Å². The summed E-state index contributed by atoms with van der Waals surface area (Å²) in [4.78, 5) is 7.81. The molecule has 0 bridgehead atoms. The summed E-state index contributed by atoms with van der Waals surface area (Å²) in [5.41, 5.74) is 7.41. The summed E-state index contributed by atoms with van der Waals surface area (Å²) < 4.78 is 5.49. The van der Waals surface area contributed by atoms with Crippen molar-refractivity contribution in [2.45, 2.75) is 6.92 Å². The number of nitrogen functional groups attached to an aromatic ring is 1. The number of nitrogens with two attached hydrogens (primary N) is 1. The lowest BCUT2D eigenvalue weighted by Crippen LogP contribution is -1.97. The zero-order valence-electron chi connectivity index (χ0n) is 9.21. The van der Waals surface area contributed by atoms with Crippen LogP contribution in [0.5, 0.6) is 11.6 Å². The minimum absolute atomic E-state index is 0.133. The van der Waals surface area contributed by atoms with Crippen molar-refractivity contribution in [1.29, 1.82) is 5.26 Å². The summed E-state index contributed by atoms with van der Waals surface area (Å²) in [6.07, 6.45) is 2.90. The Labute approximate surface area is 98.5 Å². The highest BCUT2D eigenvalue weighted by Crippen LogP contribution is 2.28. The van der Waals surface area contributed by atoms with E-state index >= 15 is 0 Å². The molecule has 1 heterocycles. The van der Waals surface area contributed by atoms with Crippen LogP contribution in [0.25, 0.3) is 0 Å². The van der Waals surface area contributed by atoms with Gasteiger partial charge in [0, 0.05) is 12.4 Å². The van der Waals surface area contributed by atoms with E-state index in [4.69, 9.17) is 15.7 Å². The Kier molecular flexibility index (Phi) is 2.88. The number of aryl methyl sites for hydroxylation is 1. The molecule has 0 saturated heterocycles. The second-order valence-electron chi connectivity index (χ2n) is 3.47. The van der Waals surface area contributed by atoms with Gasteiger partial charge in [-0.1, -0.05) is 6.07 Å². The molecular weight excluding hydrogens is 216 g/mol. The second-order valence-corrected chi connectivity index (χ2v) is 3.47. The number of anilines is 1. The molecule has 0 aliphatic rings. The van der Waals surface area contributed by atoms with Gasteiger partial charge in [0.05, 0.1) is 5.69 Å². The number of hydrogen-bond donors (Lipinski definition) is 1. The Hall–Kier alpha value is -2.61. The zero-order valence-corrected chi connectivity index (χ0v) is 9.21. The summed E-state index contributed by atoms with van der Waals surface area (Å²) in [6, 6.07) is 7.32. The first-order valence-electron chi connectivity index (χ1n) is 4.96. The third-order valence-corrected chi connectivity index (χ3v) is 2.15. The van der Waals surface area contributed by atoms with Crippen LogP contribution in [0.15, 0.2) is 30.6 Å². The van der Waals surface area contributed by atoms with Gasteiger partial charge in [-0.3, -0.25) is 0 Å². The number of benzene rings is 1. The molecule has 1 aromatic carbocycles. The summed E-state index contributed by atoms with van der Waals surface area (Å²) in [7, 11) is 0. The predicted octanol–water partition coefficient (Wildman–Crippen LogP) is 2.03. The Bertz CT molecular complexity index is 589. The van der Waals surface area contributed by atoms with Crippen molar-refractivity contribution in [3.05, 3.63) is 41.9 Å². The largest absolute Gasteiger partial charge is 0.434 e. The van der Waals surface area contributed by atoms with Crippen LogP contribution in [0.1, 0.15) is 11.3 Å². The number of rotatable bonds is 2. The number of hydrogen-bond acceptors (Lipinski definition) is 5. The Morgan fingerprint density at radius 1 is 1.29 bits per heavy atom. The lowest BCUT2D eigenvalue weighted by molar-refractivity contribution is 0.460. The summed E-state index contributed by atoms with van der Waals surface area (Å²) in [5.74, 6) is 0.634. The van der Waals surface area contributed by atoms with E-state index in [1.807, 2.05) is 19.1 Å². The van der Waals surface area contributed by atoms with Crippen LogP contribution in [0.4, 0.5) is 5.69 Å². The average Bonchev–Trinajstić information content (AvgIpc) is 2.34. The van der Waals surface area contributed by atoms with Crippen molar-refractivity contribution in [1.82, 2.24) is 9.97 Å². The van der Waals surface area contributed by atoms with Crippen molar-refractivity contribution in [2.24, 2.45) is 0 Å². The summed E-state index contributed by atoms with van der Waals surface area (Å²) >= 11 is 0. The summed E-state index contributed by atoms with van der Waals surface area (Å²) in [6.45, 7) is 1.92. The number of nitriles is 1. The molecule has 0 aliphatic carbocycles. The predicted molar refractivity (Wildman–Crippen MR) is 62.4 cm³/mol. The lowest BCUT2D eigenvalue weighted by atomic mass is 10.2. The van der Waals surface area contributed by atoms with Crippen molar-refractivity contribution < 1.29 is 4.74 Å². The van der Waals surface area contributed by atoms with Crippen LogP contribution in [0, 0.1) is 18.3 Å². The molecule has 84 valence electrons. The Morgan fingerprint density at radius 2 is 2.06 bits per heavy atom. The quantitative estimate of drug-likeness (QED) is 0.792. The summed E-state index contributed by atoms with van der Waals surface area (Å²) in [5, 5.41) is 8.86. The molecule has 0 radical (unpaired) electrons. The van der Waals surface area contributed by atoms with Crippen molar-refractivity contribution in [3.63, 3.8) is 0 Å². The molecule has 2 aromatic rings. The SMILES string of the molecule is Cc1ccc(N)c(Oc2nccnc2C#N)c1. The molecule has 0 amide bonds. The minimum atomic E-state index is 0.133. The first-order valence-corrected chi connectivity index (χ1v) is 4.96. The van der Waals surface area contributed by atoms with Gasteiger partial charge in [-0.25, -0.2) is 9.97 Å². The van der Waals surface area contributed by atoms with E-state index in [-0.39, 0.29) is 11.6 Å². The topological polar surface area (TPSA) is 84.8 Å². The maximum absolute atomic E-state index is 8.86. The first kappa shape index (κ1) is 10.9. The molecule has 1 aromatic heterocycles. The number of nitrogens with zero attached hydrogens (tertiary/aromatic N) is 3. The maximum atomic E-state index is 8.86. The van der Waals surface area contributed by atoms with E-state index in [1.54, 1.807) is 12.1 Å². The molecule has 5 nitrogen and oxygen atoms in total. The van der Waals surface area contributed by atoms with Gasteiger partial charge >= 0.3 is 0 Å². The molecule has 0 saturated carbocycles. The lowest BCUT2D eigenvalue weighted by Gasteiger charge is -2.08. The molecule has 0 atom stereocenters. The van der Waals surface area contributed by atoms with Crippen molar-refractivity contribution in [2.75, 3.05) is 5.73 Å². The van der Waals surface area contributed by atoms with E-state index < -0.39 is 0 Å². The third kappa shape index (κ3) is 2.32. The van der Waals surface area contributed by atoms with E-state index in [0.29, 0.717) is 11.4 Å². The zero-order chi connectivity index (χ0) is 12.3. The smallest absolute Gasteiger partial charge is 0.256 e. The fourth-order valence-corrected chi connectivity index (χ4v) is 1.31. The van der Waals surface area contributed by atoms with Crippen LogP contribution in [0.2, 0.25) is 0 Å². The highest BCUT2D eigenvalue weighted by atomic mass is 16.5. The second kappa shape index (κ2) is 4.49. The van der Waals surface area contributed by atoms with Crippen LogP contribution in [-0.4, -0.2) is 9.97 Å². The van der Waals surface area contributed by atoms with Gasteiger partial charge in [-0.05, 0) is 24.6 Å². The van der Waals surface area contributed by atoms with Crippen molar-refractivity contribution in [3.8, 4) is 17.7 Å².